The molecule has 0 saturated heterocycles. The van der Waals surface area contributed by atoms with Crippen LogP contribution >= 0.6 is 31.9 Å². The molecule has 0 fully saturated rings. The second-order valence-corrected chi connectivity index (χ2v) is 5.65. The van der Waals surface area contributed by atoms with Gasteiger partial charge >= 0.3 is 0 Å². The van der Waals surface area contributed by atoms with E-state index in [1.54, 1.807) is 6.07 Å². The molecule has 2 nitrogen and oxygen atoms in total. The topological polar surface area (TPSA) is 38.0 Å². The third-order valence-electron chi connectivity index (χ3n) is 2.54. The van der Waals surface area contributed by atoms with Gasteiger partial charge in [-0.05, 0) is 46.6 Å². The van der Waals surface area contributed by atoms with E-state index in [9.17, 15) is 4.39 Å². The molecule has 94 valence electrons. The molecule has 2 aromatic rings. The third kappa shape index (κ3) is 2.84. The SMILES string of the molecule is Cc1ccc(Nc2cc(Br)c(F)cc2N)cc1Br. The van der Waals surface area contributed by atoms with Crippen LogP contribution in [0.3, 0.4) is 0 Å². The smallest absolute Gasteiger partial charge is 0.139 e. The quantitative estimate of drug-likeness (QED) is 0.728. The van der Waals surface area contributed by atoms with Crippen molar-refractivity contribution in [2.24, 2.45) is 0 Å². The summed E-state index contributed by atoms with van der Waals surface area (Å²) in [6.07, 6.45) is 0. The molecule has 0 aliphatic heterocycles. The van der Waals surface area contributed by atoms with Crippen molar-refractivity contribution in [3.8, 4) is 0 Å². The molecule has 5 heteroatoms. The molecule has 2 aromatic carbocycles. The Balaban J connectivity index is 2.34. The largest absolute Gasteiger partial charge is 0.397 e. The molecule has 0 bridgehead atoms. The van der Waals surface area contributed by atoms with Crippen LogP contribution in [0.2, 0.25) is 0 Å². The van der Waals surface area contributed by atoms with Crippen LogP contribution in [0.4, 0.5) is 21.5 Å². The number of rotatable bonds is 2. The molecular formula is C13H11Br2FN2. The Kier molecular flexibility index (Phi) is 3.92. The highest BCUT2D eigenvalue weighted by atomic mass is 79.9. The van der Waals surface area contributed by atoms with Gasteiger partial charge in [-0.2, -0.15) is 0 Å². The predicted octanol–water partition coefficient (Wildman–Crippen LogP) is 4.98. The Morgan fingerprint density at radius 3 is 2.50 bits per heavy atom. The Bertz CT molecular complexity index is 600. The van der Waals surface area contributed by atoms with E-state index in [1.165, 1.54) is 6.07 Å². The molecule has 0 heterocycles. The molecule has 0 saturated carbocycles. The van der Waals surface area contributed by atoms with Crippen LogP contribution in [-0.2, 0) is 0 Å². The zero-order valence-electron chi connectivity index (χ0n) is 9.60. The number of nitrogen functional groups attached to an aromatic ring is 1. The summed E-state index contributed by atoms with van der Waals surface area (Å²) >= 11 is 6.60. The van der Waals surface area contributed by atoms with Crippen LogP contribution in [-0.4, -0.2) is 0 Å². The maximum absolute atomic E-state index is 13.3. The van der Waals surface area contributed by atoms with E-state index in [4.69, 9.17) is 5.73 Å². The first-order valence-corrected chi connectivity index (χ1v) is 6.83. The lowest BCUT2D eigenvalue weighted by molar-refractivity contribution is 0.622. The van der Waals surface area contributed by atoms with Crippen molar-refractivity contribution in [1.29, 1.82) is 0 Å². The van der Waals surface area contributed by atoms with Crippen molar-refractivity contribution in [3.63, 3.8) is 0 Å². The maximum atomic E-state index is 13.3. The van der Waals surface area contributed by atoms with Crippen LogP contribution in [0.25, 0.3) is 0 Å². The average Bonchev–Trinajstić information content (AvgIpc) is 2.31. The van der Waals surface area contributed by atoms with Crippen LogP contribution < -0.4 is 11.1 Å². The molecule has 0 aromatic heterocycles. The molecule has 18 heavy (non-hydrogen) atoms. The molecule has 0 atom stereocenters. The van der Waals surface area contributed by atoms with Gasteiger partial charge in [0, 0.05) is 16.2 Å². The number of benzene rings is 2. The first kappa shape index (κ1) is 13.4. The van der Waals surface area contributed by atoms with Gasteiger partial charge in [-0.1, -0.05) is 22.0 Å². The van der Waals surface area contributed by atoms with Crippen molar-refractivity contribution in [3.05, 3.63) is 50.7 Å². The first-order valence-electron chi connectivity index (χ1n) is 5.25. The van der Waals surface area contributed by atoms with Gasteiger partial charge in [0.25, 0.3) is 0 Å². The van der Waals surface area contributed by atoms with Gasteiger partial charge in [-0.15, -0.1) is 0 Å². The minimum atomic E-state index is -0.372. The summed E-state index contributed by atoms with van der Waals surface area (Å²) in [5, 5.41) is 3.16. The predicted molar refractivity (Wildman–Crippen MR) is 80.7 cm³/mol. The second-order valence-electron chi connectivity index (χ2n) is 3.94. The van der Waals surface area contributed by atoms with Crippen LogP contribution in [0.5, 0.6) is 0 Å². The fourth-order valence-electron chi connectivity index (χ4n) is 1.50. The number of nitrogens with one attached hydrogen (secondary N) is 1. The zero-order valence-corrected chi connectivity index (χ0v) is 12.8. The lowest BCUT2D eigenvalue weighted by Gasteiger charge is -2.11. The Morgan fingerprint density at radius 1 is 1.11 bits per heavy atom. The highest BCUT2D eigenvalue weighted by Gasteiger charge is 2.06. The molecule has 0 amide bonds. The first-order chi connectivity index (χ1) is 8.47. The summed E-state index contributed by atoms with van der Waals surface area (Å²) in [6.45, 7) is 2.01. The summed E-state index contributed by atoms with van der Waals surface area (Å²) < 4.78 is 14.6. The van der Waals surface area contributed by atoms with Crippen LogP contribution in [0, 0.1) is 12.7 Å². The van der Waals surface area contributed by atoms with E-state index in [2.05, 4.69) is 37.2 Å². The van der Waals surface area contributed by atoms with Gasteiger partial charge in [-0.3, -0.25) is 0 Å². The highest BCUT2D eigenvalue weighted by molar-refractivity contribution is 9.10. The van der Waals surface area contributed by atoms with E-state index >= 15 is 0 Å². The number of aryl methyl sites for hydroxylation is 1. The number of hydrogen-bond donors (Lipinski definition) is 2. The molecule has 0 aliphatic rings. The fourth-order valence-corrected chi connectivity index (χ4v) is 2.22. The summed E-state index contributed by atoms with van der Waals surface area (Å²) in [6, 6.07) is 8.79. The van der Waals surface area contributed by atoms with Gasteiger partial charge in [-0.25, -0.2) is 4.39 Å². The average molecular weight is 374 g/mol. The van der Waals surface area contributed by atoms with Crippen molar-refractivity contribution >= 4 is 48.9 Å². The number of hydrogen-bond acceptors (Lipinski definition) is 2. The molecule has 0 spiro atoms. The van der Waals surface area contributed by atoms with Gasteiger partial charge in [0.15, 0.2) is 0 Å². The molecule has 3 N–H and O–H groups in total. The van der Waals surface area contributed by atoms with E-state index in [0.29, 0.717) is 15.8 Å². The normalized spacial score (nSPS) is 10.4. The number of nitrogens with two attached hydrogens (primary N) is 1. The summed E-state index contributed by atoms with van der Waals surface area (Å²) in [5.41, 5.74) is 8.84. The van der Waals surface area contributed by atoms with E-state index in [-0.39, 0.29) is 5.82 Å². The number of halogens is 3. The van der Waals surface area contributed by atoms with Crippen molar-refractivity contribution < 1.29 is 4.39 Å². The fraction of sp³-hybridized carbons (Fsp3) is 0.0769. The van der Waals surface area contributed by atoms with Gasteiger partial charge in [0.1, 0.15) is 5.82 Å². The van der Waals surface area contributed by atoms with E-state index < -0.39 is 0 Å². The van der Waals surface area contributed by atoms with Crippen LogP contribution in [0.15, 0.2) is 39.3 Å². The van der Waals surface area contributed by atoms with Crippen molar-refractivity contribution in [2.45, 2.75) is 6.92 Å². The molecule has 2 rings (SSSR count). The lowest BCUT2D eigenvalue weighted by Crippen LogP contribution is -1.98. The molecule has 0 aliphatic carbocycles. The van der Waals surface area contributed by atoms with Gasteiger partial charge in [0.2, 0.25) is 0 Å². The van der Waals surface area contributed by atoms with Gasteiger partial charge < -0.3 is 11.1 Å². The molecular weight excluding hydrogens is 363 g/mol. The zero-order chi connectivity index (χ0) is 13.3. The minimum Gasteiger partial charge on any atom is -0.397 e. The Hall–Kier alpha value is -1.07. The van der Waals surface area contributed by atoms with Crippen molar-refractivity contribution in [1.82, 2.24) is 0 Å². The van der Waals surface area contributed by atoms with Crippen molar-refractivity contribution in [2.75, 3.05) is 11.1 Å². The van der Waals surface area contributed by atoms with E-state index in [1.807, 2.05) is 25.1 Å². The minimum absolute atomic E-state index is 0.368. The summed E-state index contributed by atoms with van der Waals surface area (Å²) in [4.78, 5) is 0. The second kappa shape index (κ2) is 5.28. The lowest BCUT2D eigenvalue weighted by atomic mass is 10.2. The maximum Gasteiger partial charge on any atom is 0.139 e. The molecule has 0 unspecified atom stereocenters. The standard InChI is InChI=1S/C13H11Br2FN2/c1-7-2-3-8(4-9(7)14)18-13-5-10(15)11(16)6-12(13)17/h2-6,18H,17H2,1H3. The molecule has 0 radical (unpaired) electrons. The third-order valence-corrected chi connectivity index (χ3v) is 4.01. The highest BCUT2D eigenvalue weighted by Crippen LogP contribution is 2.30. The Morgan fingerprint density at radius 2 is 1.83 bits per heavy atom. The Labute approximate surface area is 122 Å². The monoisotopic (exact) mass is 372 g/mol. The van der Waals surface area contributed by atoms with E-state index in [0.717, 1.165) is 15.7 Å². The number of anilines is 3. The van der Waals surface area contributed by atoms with Gasteiger partial charge in [0.05, 0.1) is 15.8 Å². The van der Waals surface area contributed by atoms with Crippen LogP contribution in [0.1, 0.15) is 5.56 Å². The summed E-state index contributed by atoms with van der Waals surface area (Å²) in [7, 11) is 0. The summed E-state index contributed by atoms with van der Waals surface area (Å²) in [5.74, 6) is -0.372.